The van der Waals surface area contributed by atoms with Gasteiger partial charge in [-0.2, -0.15) is 0 Å². The van der Waals surface area contributed by atoms with Crippen molar-refractivity contribution in [3.63, 3.8) is 0 Å². The first-order valence-corrected chi connectivity index (χ1v) is 15.6. The van der Waals surface area contributed by atoms with Crippen LogP contribution in [0.25, 0.3) is 0 Å². The van der Waals surface area contributed by atoms with E-state index in [9.17, 15) is 24.0 Å². The molecule has 3 aliphatic carbocycles. The molecule has 2 saturated carbocycles. The summed E-state index contributed by atoms with van der Waals surface area (Å²) in [6, 6.07) is 8.30. The Morgan fingerprint density at radius 1 is 1.09 bits per heavy atom. The van der Waals surface area contributed by atoms with Gasteiger partial charge in [0.05, 0.1) is 30.8 Å². The second-order valence-electron chi connectivity index (χ2n) is 13.1. The molecule has 13 nitrogen and oxygen atoms in total. The first-order valence-electron chi connectivity index (χ1n) is 15.6. The van der Waals surface area contributed by atoms with Gasteiger partial charge >= 0.3 is 24.2 Å². The second kappa shape index (κ2) is 14.0. The smallest absolute Gasteiger partial charge is 0.478 e. The summed E-state index contributed by atoms with van der Waals surface area (Å²) in [5.41, 5.74) is 0.223. The summed E-state index contributed by atoms with van der Waals surface area (Å²) in [6.45, 7) is 7.73. The number of ketones is 1. The van der Waals surface area contributed by atoms with Crippen LogP contribution >= 0.6 is 0 Å². The maximum absolute atomic E-state index is 14.3. The third kappa shape index (κ3) is 6.60. The van der Waals surface area contributed by atoms with Crippen LogP contribution in [0.2, 0.25) is 0 Å². The van der Waals surface area contributed by atoms with E-state index in [1.54, 1.807) is 44.4 Å². The van der Waals surface area contributed by atoms with E-state index in [-0.39, 0.29) is 35.6 Å². The highest BCUT2D eigenvalue weighted by Crippen LogP contribution is 2.61. The molecular formula is C34H45NO12. The average molecular weight is 660 g/mol. The van der Waals surface area contributed by atoms with Gasteiger partial charge in [0.1, 0.15) is 18.3 Å². The Labute approximate surface area is 274 Å². The van der Waals surface area contributed by atoms with Crippen molar-refractivity contribution in [2.45, 2.75) is 77.0 Å². The van der Waals surface area contributed by atoms with Gasteiger partial charge < -0.3 is 38.4 Å². The molecule has 13 heteroatoms. The van der Waals surface area contributed by atoms with Gasteiger partial charge in [0.15, 0.2) is 11.4 Å². The summed E-state index contributed by atoms with van der Waals surface area (Å²) in [5, 5.41) is 8.38. The molecule has 0 radical (unpaired) electrons. The number of nitrogens with zero attached hydrogens (tertiary/aromatic N) is 1. The molecule has 1 aromatic carbocycles. The van der Waals surface area contributed by atoms with Gasteiger partial charge in [-0.25, -0.2) is 14.4 Å². The summed E-state index contributed by atoms with van der Waals surface area (Å²) < 4.78 is 33.4. The van der Waals surface area contributed by atoms with Gasteiger partial charge in [-0.15, -0.1) is 0 Å². The second-order valence-corrected chi connectivity index (χ2v) is 13.1. The van der Waals surface area contributed by atoms with Crippen molar-refractivity contribution in [3.05, 3.63) is 47.0 Å². The molecule has 0 aromatic heterocycles. The topological polar surface area (TPSA) is 164 Å². The number of rotatable bonds is 3. The predicted molar refractivity (Wildman–Crippen MR) is 165 cm³/mol. The lowest BCUT2D eigenvalue weighted by molar-refractivity contribution is -0.237. The number of hydrogen-bond donors (Lipinski definition) is 1. The third-order valence-electron chi connectivity index (χ3n) is 10.4. The Morgan fingerprint density at radius 3 is 2.21 bits per heavy atom. The van der Waals surface area contributed by atoms with Crippen molar-refractivity contribution >= 4 is 30.0 Å². The van der Waals surface area contributed by atoms with Crippen molar-refractivity contribution < 1.29 is 57.5 Å². The number of carbonyl (C=O) groups is 5. The lowest BCUT2D eigenvalue weighted by Crippen LogP contribution is -2.69. The Balaban J connectivity index is 0.000000297. The molecule has 258 valence electrons. The van der Waals surface area contributed by atoms with E-state index in [0.29, 0.717) is 31.4 Å². The zero-order valence-corrected chi connectivity index (χ0v) is 28.1. The maximum atomic E-state index is 14.3. The first kappa shape index (κ1) is 35.9. The van der Waals surface area contributed by atoms with Crippen molar-refractivity contribution in [2.75, 3.05) is 34.9 Å². The van der Waals surface area contributed by atoms with Crippen molar-refractivity contribution in [2.24, 2.45) is 23.2 Å². The fourth-order valence-electron chi connectivity index (χ4n) is 7.66. The molecule has 1 N–H and O–H groups in total. The van der Waals surface area contributed by atoms with E-state index in [1.807, 2.05) is 20.8 Å². The molecule has 6 rings (SSSR count). The molecule has 5 aliphatic rings. The van der Waals surface area contributed by atoms with Gasteiger partial charge in [0, 0.05) is 52.8 Å². The van der Waals surface area contributed by atoms with Crippen LogP contribution in [0.15, 0.2) is 41.5 Å². The molecule has 9 atom stereocenters. The number of hydrogen-bond acceptors (Lipinski definition) is 11. The Bertz CT molecular complexity index is 1410. The van der Waals surface area contributed by atoms with Crippen molar-refractivity contribution in [3.8, 4) is 0 Å². The van der Waals surface area contributed by atoms with Crippen molar-refractivity contribution in [1.29, 1.82) is 0 Å². The van der Waals surface area contributed by atoms with Crippen LogP contribution in [-0.2, 0) is 38.0 Å². The van der Waals surface area contributed by atoms with E-state index in [1.165, 1.54) is 26.0 Å². The standard InChI is InChI=1S/C24H33NO8.C7H6O2.C3H6O2/c1-11-7-17-24(33-22(28)32-17)9-14-13-10-30-15(13)8-16(31-21(27)25(4)5)23(14,3)20(26)19(29-6)18(11)12(24)2;8-7(9)6-4-2-1-3-5-6;1-3(4)5-2/h12-17,19H,7-10H2,1-6H3;1-5H,(H,8,9);1-2H3. The minimum absolute atomic E-state index is 0.0864. The average Bonchev–Trinajstić information content (AvgIpc) is 3.34. The zero-order chi connectivity index (χ0) is 34.8. The number of carbonyl (C=O) groups excluding carboxylic acids is 4. The molecular weight excluding hydrogens is 614 g/mol. The Kier molecular flexibility index (Phi) is 10.7. The number of ether oxygens (including phenoxy) is 6. The predicted octanol–water partition coefficient (Wildman–Crippen LogP) is 4.28. The molecule has 2 heterocycles. The summed E-state index contributed by atoms with van der Waals surface area (Å²) in [6.07, 6.45) is -1.82. The fraction of sp³-hybridized carbons (Fsp3) is 0.618. The van der Waals surface area contributed by atoms with Crippen LogP contribution in [0.4, 0.5) is 9.59 Å². The fourth-order valence-corrected chi connectivity index (χ4v) is 7.66. The third-order valence-corrected chi connectivity index (χ3v) is 10.4. The van der Waals surface area contributed by atoms with Crippen LogP contribution in [-0.4, -0.2) is 105 Å². The molecule has 2 saturated heterocycles. The number of amides is 1. The van der Waals surface area contributed by atoms with E-state index >= 15 is 0 Å². The van der Waals surface area contributed by atoms with E-state index in [4.69, 9.17) is 28.8 Å². The SMILES string of the molecule is COC(C)=O.COC1C(=O)C2(C)C(OC(=O)N(C)C)CC3OCC3C2CC23OC(=O)OC2CC(C)=C1C3C.O=C(O)c1ccccc1. The van der Waals surface area contributed by atoms with Gasteiger partial charge in [0.25, 0.3) is 0 Å². The van der Waals surface area contributed by atoms with E-state index in [2.05, 4.69) is 4.74 Å². The minimum Gasteiger partial charge on any atom is -0.478 e. The van der Waals surface area contributed by atoms with Crippen LogP contribution in [0.5, 0.6) is 0 Å². The van der Waals surface area contributed by atoms with Crippen molar-refractivity contribution in [1.82, 2.24) is 4.90 Å². The van der Waals surface area contributed by atoms with Gasteiger partial charge in [-0.3, -0.25) is 9.59 Å². The summed E-state index contributed by atoms with van der Waals surface area (Å²) >= 11 is 0. The van der Waals surface area contributed by atoms with Crippen LogP contribution < -0.4 is 0 Å². The summed E-state index contributed by atoms with van der Waals surface area (Å²) in [5.74, 6) is -1.59. The lowest BCUT2D eigenvalue weighted by Gasteiger charge is -2.60. The normalized spacial score (nSPS) is 34.7. The van der Waals surface area contributed by atoms with E-state index < -0.39 is 47.5 Å². The number of esters is 1. The van der Waals surface area contributed by atoms with Crippen LogP contribution in [0, 0.1) is 23.2 Å². The number of fused-ring (bicyclic) bond motifs is 4. The molecule has 1 spiro atoms. The van der Waals surface area contributed by atoms with Gasteiger partial charge in [-0.05, 0) is 43.9 Å². The van der Waals surface area contributed by atoms with E-state index in [0.717, 1.165) is 11.1 Å². The number of carboxylic acids is 1. The maximum Gasteiger partial charge on any atom is 0.509 e. The molecule has 4 fully saturated rings. The molecule has 2 bridgehead atoms. The number of methoxy groups -OCH3 is 2. The molecule has 1 amide bonds. The zero-order valence-electron chi connectivity index (χ0n) is 28.1. The van der Waals surface area contributed by atoms with Crippen LogP contribution in [0.3, 0.4) is 0 Å². The highest BCUT2D eigenvalue weighted by Gasteiger charge is 2.69. The van der Waals surface area contributed by atoms with Crippen LogP contribution in [0.1, 0.15) is 57.3 Å². The number of Topliss-reactive ketones (excluding diaryl/α,β-unsaturated/α-hetero) is 1. The minimum atomic E-state index is -1.03. The number of aromatic carboxylic acids is 1. The number of carboxylic acid groups (broad SMARTS) is 1. The Hall–Kier alpha value is -3.97. The summed E-state index contributed by atoms with van der Waals surface area (Å²) in [7, 11) is 6.11. The monoisotopic (exact) mass is 659 g/mol. The van der Waals surface area contributed by atoms with Gasteiger partial charge in [0.2, 0.25) is 0 Å². The highest BCUT2D eigenvalue weighted by atomic mass is 16.8. The first-order chi connectivity index (χ1) is 22.1. The lowest BCUT2D eigenvalue weighted by atomic mass is 9.49. The number of benzene rings is 1. The van der Waals surface area contributed by atoms with Gasteiger partial charge in [-0.1, -0.05) is 30.7 Å². The highest BCUT2D eigenvalue weighted by molar-refractivity contribution is 5.93. The Morgan fingerprint density at radius 2 is 1.72 bits per heavy atom. The quantitative estimate of drug-likeness (QED) is 0.279. The molecule has 9 unspecified atom stereocenters. The molecule has 47 heavy (non-hydrogen) atoms. The summed E-state index contributed by atoms with van der Waals surface area (Å²) in [4.78, 5) is 60.5. The largest absolute Gasteiger partial charge is 0.509 e. The molecule has 1 aromatic rings. The molecule has 2 aliphatic heterocycles.